The fourth-order valence-electron chi connectivity index (χ4n) is 2.78. The molecule has 4 nitrogen and oxygen atoms in total. The quantitative estimate of drug-likeness (QED) is 0.849. The van der Waals surface area contributed by atoms with Crippen molar-refractivity contribution in [3.8, 4) is 5.75 Å². The molecule has 1 atom stereocenters. The Labute approximate surface area is 115 Å². The van der Waals surface area contributed by atoms with Crippen LogP contribution in [0.25, 0.3) is 0 Å². The molecule has 1 heterocycles. The minimum atomic E-state index is 0.226. The van der Waals surface area contributed by atoms with Crippen LogP contribution in [-0.4, -0.2) is 47.5 Å². The standard InChI is InChI=1S/C15H24N2O2/c1-16-10-15(8-9-19-12-15)11-17(2)13-4-6-14(18-3)7-5-13/h4-7,16H,8-12H2,1-3H3. The van der Waals surface area contributed by atoms with Crippen molar-refractivity contribution in [3.05, 3.63) is 24.3 Å². The number of hydrogen-bond donors (Lipinski definition) is 1. The van der Waals surface area contributed by atoms with Gasteiger partial charge < -0.3 is 19.7 Å². The summed E-state index contributed by atoms with van der Waals surface area (Å²) >= 11 is 0. The monoisotopic (exact) mass is 264 g/mol. The maximum atomic E-state index is 5.60. The summed E-state index contributed by atoms with van der Waals surface area (Å²) in [6, 6.07) is 8.20. The fourth-order valence-corrected chi connectivity index (χ4v) is 2.78. The number of ether oxygens (including phenoxy) is 2. The molecular formula is C15H24N2O2. The van der Waals surface area contributed by atoms with Gasteiger partial charge in [-0.05, 0) is 37.7 Å². The van der Waals surface area contributed by atoms with Crippen LogP contribution in [0, 0.1) is 5.41 Å². The third-order valence-corrected chi connectivity index (χ3v) is 3.82. The average molecular weight is 264 g/mol. The second kappa shape index (κ2) is 6.26. The van der Waals surface area contributed by atoms with E-state index in [2.05, 4.69) is 29.4 Å². The zero-order chi connectivity index (χ0) is 13.7. The molecule has 0 amide bonds. The van der Waals surface area contributed by atoms with Crippen molar-refractivity contribution in [2.45, 2.75) is 6.42 Å². The van der Waals surface area contributed by atoms with Gasteiger partial charge in [0.25, 0.3) is 0 Å². The van der Waals surface area contributed by atoms with Gasteiger partial charge in [0, 0.05) is 37.8 Å². The molecule has 1 aromatic rings. The SMILES string of the molecule is CNCC1(CN(C)c2ccc(OC)cc2)CCOC1. The second-order valence-corrected chi connectivity index (χ2v) is 5.39. The summed E-state index contributed by atoms with van der Waals surface area (Å²) in [7, 11) is 5.83. The van der Waals surface area contributed by atoms with Gasteiger partial charge in [-0.2, -0.15) is 0 Å². The lowest BCUT2D eigenvalue weighted by molar-refractivity contribution is 0.154. The van der Waals surface area contributed by atoms with E-state index in [0.29, 0.717) is 0 Å². The van der Waals surface area contributed by atoms with Crippen LogP contribution in [0.5, 0.6) is 5.75 Å². The van der Waals surface area contributed by atoms with Crippen LogP contribution >= 0.6 is 0 Å². The molecule has 0 aromatic heterocycles. The maximum Gasteiger partial charge on any atom is 0.119 e. The molecule has 1 fully saturated rings. The predicted octanol–water partition coefficient (Wildman–Crippen LogP) is 1.76. The van der Waals surface area contributed by atoms with Gasteiger partial charge in [-0.15, -0.1) is 0 Å². The van der Waals surface area contributed by atoms with E-state index in [9.17, 15) is 0 Å². The number of nitrogens with one attached hydrogen (secondary N) is 1. The topological polar surface area (TPSA) is 33.7 Å². The highest BCUT2D eigenvalue weighted by Gasteiger charge is 2.35. The summed E-state index contributed by atoms with van der Waals surface area (Å²) in [4.78, 5) is 2.30. The summed E-state index contributed by atoms with van der Waals surface area (Å²) in [5.41, 5.74) is 1.44. The van der Waals surface area contributed by atoms with Crippen molar-refractivity contribution in [1.29, 1.82) is 0 Å². The van der Waals surface area contributed by atoms with E-state index in [0.717, 1.165) is 38.5 Å². The van der Waals surface area contributed by atoms with Crippen LogP contribution in [0.4, 0.5) is 5.69 Å². The van der Waals surface area contributed by atoms with Crippen LogP contribution in [0.15, 0.2) is 24.3 Å². The zero-order valence-corrected chi connectivity index (χ0v) is 12.1. The van der Waals surface area contributed by atoms with Gasteiger partial charge in [0.2, 0.25) is 0 Å². The summed E-state index contributed by atoms with van der Waals surface area (Å²) in [6.07, 6.45) is 1.12. The Hall–Kier alpha value is -1.26. The molecule has 1 aliphatic rings. The largest absolute Gasteiger partial charge is 0.497 e. The molecule has 1 aliphatic heterocycles. The number of hydrogen-bond acceptors (Lipinski definition) is 4. The first kappa shape index (κ1) is 14.2. The Balaban J connectivity index is 2.03. The van der Waals surface area contributed by atoms with Crippen LogP contribution in [0.2, 0.25) is 0 Å². The Kier molecular flexibility index (Phi) is 4.66. The second-order valence-electron chi connectivity index (χ2n) is 5.39. The molecule has 0 spiro atoms. The first-order valence-electron chi connectivity index (χ1n) is 6.77. The van der Waals surface area contributed by atoms with Crippen molar-refractivity contribution in [1.82, 2.24) is 5.32 Å². The van der Waals surface area contributed by atoms with Gasteiger partial charge in [0.1, 0.15) is 5.75 Å². The maximum absolute atomic E-state index is 5.60. The lowest BCUT2D eigenvalue weighted by atomic mass is 9.86. The van der Waals surface area contributed by atoms with E-state index in [4.69, 9.17) is 9.47 Å². The smallest absolute Gasteiger partial charge is 0.119 e. The molecular weight excluding hydrogens is 240 g/mol. The van der Waals surface area contributed by atoms with Crippen LogP contribution in [-0.2, 0) is 4.74 Å². The van der Waals surface area contributed by atoms with E-state index in [1.807, 2.05) is 19.2 Å². The van der Waals surface area contributed by atoms with E-state index >= 15 is 0 Å². The van der Waals surface area contributed by atoms with Crippen molar-refractivity contribution in [2.75, 3.05) is 52.4 Å². The van der Waals surface area contributed by atoms with Gasteiger partial charge in [0.05, 0.1) is 13.7 Å². The van der Waals surface area contributed by atoms with Gasteiger partial charge in [0.15, 0.2) is 0 Å². The molecule has 1 aromatic carbocycles. The summed E-state index contributed by atoms with van der Waals surface area (Å²) in [5.74, 6) is 0.895. The number of nitrogens with zero attached hydrogens (tertiary/aromatic N) is 1. The first-order chi connectivity index (χ1) is 9.19. The average Bonchev–Trinajstić information content (AvgIpc) is 2.87. The van der Waals surface area contributed by atoms with Crippen LogP contribution in [0.3, 0.4) is 0 Å². The summed E-state index contributed by atoms with van der Waals surface area (Å²) in [6.45, 7) is 3.71. The number of methoxy groups -OCH3 is 1. The minimum Gasteiger partial charge on any atom is -0.497 e. The molecule has 0 radical (unpaired) electrons. The molecule has 1 saturated heterocycles. The number of rotatable bonds is 6. The van der Waals surface area contributed by atoms with Gasteiger partial charge in [-0.3, -0.25) is 0 Å². The van der Waals surface area contributed by atoms with E-state index < -0.39 is 0 Å². The Bertz CT molecular complexity index is 386. The molecule has 1 unspecified atom stereocenters. The van der Waals surface area contributed by atoms with Crippen molar-refractivity contribution < 1.29 is 9.47 Å². The Morgan fingerprint density at radius 2 is 2.11 bits per heavy atom. The summed E-state index contributed by atoms with van der Waals surface area (Å²) < 4.78 is 10.8. The molecule has 19 heavy (non-hydrogen) atoms. The highest BCUT2D eigenvalue weighted by atomic mass is 16.5. The predicted molar refractivity (Wildman–Crippen MR) is 78.1 cm³/mol. The van der Waals surface area contributed by atoms with Crippen LogP contribution < -0.4 is 15.0 Å². The lowest BCUT2D eigenvalue weighted by Gasteiger charge is -2.33. The van der Waals surface area contributed by atoms with Gasteiger partial charge >= 0.3 is 0 Å². The van der Waals surface area contributed by atoms with E-state index in [-0.39, 0.29) is 5.41 Å². The van der Waals surface area contributed by atoms with Gasteiger partial charge in [-0.25, -0.2) is 0 Å². The normalized spacial score (nSPS) is 22.5. The molecule has 0 aliphatic carbocycles. The zero-order valence-electron chi connectivity index (χ0n) is 12.1. The molecule has 0 bridgehead atoms. The van der Waals surface area contributed by atoms with Crippen LogP contribution in [0.1, 0.15) is 6.42 Å². The van der Waals surface area contributed by atoms with E-state index in [1.54, 1.807) is 7.11 Å². The Morgan fingerprint density at radius 1 is 1.37 bits per heavy atom. The first-order valence-corrected chi connectivity index (χ1v) is 6.77. The highest BCUT2D eigenvalue weighted by molar-refractivity contribution is 5.48. The summed E-state index contributed by atoms with van der Waals surface area (Å²) in [5, 5.41) is 3.30. The van der Waals surface area contributed by atoms with Crippen molar-refractivity contribution >= 4 is 5.69 Å². The van der Waals surface area contributed by atoms with Crippen molar-refractivity contribution in [3.63, 3.8) is 0 Å². The Morgan fingerprint density at radius 3 is 2.63 bits per heavy atom. The van der Waals surface area contributed by atoms with Gasteiger partial charge in [-0.1, -0.05) is 0 Å². The van der Waals surface area contributed by atoms with E-state index in [1.165, 1.54) is 5.69 Å². The fraction of sp³-hybridized carbons (Fsp3) is 0.600. The molecule has 106 valence electrons. The third-order valence-electron chi connectivity index (χ3n) is 3.82. The highest BCUT2D eigenvalue weighted by Crippen LogP contribution is 2.30. The minimum absolute atomic E-state index is 0.226. The third kappa shape index (κ3) is 3.39. The lowest BCUT2D eigenvalue weighted by Crippen LogP contribution is -2.42. The molecule has 1 N–H and O–H groups in total. The molecule has 0 saturated carbocycles. The molecule has 4 heteroatoms. The number of benzene rings is 1. The molecule has 2 rings (SSSR count). The number of anilines is 1. The van der Waals surface area contributed by atoms with Crippen molar-refractivity contribution in [2.24, 2.45) is 5.41 Å².